The Morgan fingerprint density at radius 2 is 1.65 bits per heavy atom. The van der Waals surface area contributed by atoms with Gasteiger partial charge in [0.2, 0.25) is 0 Å². The normalized spacial score (nSPS) is 13.6. The monoisotopic (exact) mass is 280 g/mol. The maximum atomic E-state index is 5.74. The summed E-state index contributed by atoms with van der Waals surface area (Å²) in [6.07, 6.45) is 1.12. The summed E-state index contributed by atoms with van der Waals surface area (Å²) in [5.41, 5.74) is 0.896. The molecule has 2 atom stereocenters. The fraction of sp³-hybridized carbons (Fsp3) is 0.500. The van der Waals surface area contributed by atoms with E-state index >= 15 is 0 Å². The van der Waals surface area contributed by atoms with Crippen molar-refractivity contribution in [3.63, 3.8) is 0 Å². The average Bonchev–Trinajstić information content (AvgIpc) is 2.39. The predicted molar refractivity (Wildman–Crippen MR) is 80.0 cm³/mol. The van der Waals surface area contributed by atoms with Crippen LogP contribution >= 0.6 is 0 Å². The molecule has 0 N–H and O–H groups in total. The lowest BCUT2D eigenvalue weighted by molar-refractivity contribution is -0.0650. The van der Waals surface area contributed by atoms with Crippen LogP contribution in [0.5, 0.6) is 11.5 Å². The van der Waals surface area contributed by atoms with Gasteiger partial charge in [0, 0.05) is 24.8 Å². The van der Waals surface area contributed by atoms with Gasteiger partial charge in [-0.3, -0.25) is 0 Å². The first-order valence-electron chi connectivity index (χ1n) is 6.93. The number of hydrogen-bond donors (Lipinski definition) is 0. The molecule has 0 amide bonds. The molecule has 0 aliphatic rings. The van der Waals surface area contributed by atoms with Crippen molar-refractivity contribution in [2.75, 3.05) is 13.2 Å². The fourth-order valence-electron chi connectivity index (χ4n) is 1.77. The molecule has 0 bridgehead atoms. The van der Waals surface area contributed by atoms with Crippen molar-refractivity contribution in [2.24, 2.45) is 0 Å². The molecule has 0 radical (unpaired) electrons. The van der Waals surface area contributed by atoms with Gasteiger partial charge in [0.15, 0.2) is 12.6 Å². The molecule has 0 aromatic heterocycles. The van der Waals surface area contributed by atoms with Gasteiger partial charge in [-0.1, -0.05) is 12.7 Å². The summed E-state index contributed by atoms with van der Waals surface area (Å²) in [4.78, 5) is 0. The summed E-state index contributed by atoms with van der Waals surface area (Å²) in [5, 5.41) is 0. The lowest BCUT2D eigenvalue weighted by Crippen LogP contribution is -2.18. The van der Waals surface area contributed by atoms with Crippen LogP contribution in [0.15, 0.2) is 24.8 Å². The van der Waals surface area contributed by atoms with Crippen LogP contribution in [0.3, 0.4) is 0 Å². The lowest BCUT2D eigenvalue weighted by Gasteiger charge is -2.19. The molecule has 0 aliphatic heterocycles. The van der Waals surface area contributed by atoms with E-state index < -0.39 is 0 Å². The molecule has 112 valence electrons. The van der Waals surface area contributed by atoms with Crippen LogP contribution in [-0.4, -0.2) is 25.8 Å². The highest BCUT2D eigenvalue weighted by Gasteiger charge is 2.10. The summed E-state index contributed by atoms with van der Waals surface area (Å²) in [6, 6.07) is 5.59. The van der Waals surface area contributed by atoms with Crippen molar-refractivity contribution in [1.29, 1.82) is 0 Å². The Morgan fingerprint density at radius 1 is 1.05 bits per heavy atom. The molecular weight excluding hydrogens is 256 g/mol. The van der Waals surface area contributed by atoms with Crippen LogP contribution < -0.4 is 9.47 Å². The quantitative estimate of drug-likeness (QED) is 0.644. The zero-order valence-corrected chi connectivity index (χ0v) is 12.7. The smallest absolute Gasteiger partial charge is 0.196 e. The zero-order chi connectivity index (χ0) is 15.0. The van der Waals surface area contributed by atoms with E-state index in [1.807, 2.05) is 45.9 Å². The molecule has 4 heteroatoms. The Bertz CT molecular complexity index is 417. The van der Waals surface area contributed by atoms with Gasteiger partial charge < -0.3 is 18.9 Å². The molecule has 0 saturated carbocycles. The topological polar surface area (TPSA) is 36.9 Å². The van der Waals surface area contributed by atoms with Gasteiger partial charge in [-0.25, -0.2) is 0 Å². The van der Waals surface area contributed by atoms with Crippen LogP contribution in [-0.2, 0) is 9.47 Å². The largest absolute Gasteiger partial charge is 0.465 e. The molecule has 2 unspecified atom stereocenters. The Labute approximate surface area is 121 Å². The van der Waals surface area contributed by atoms with Gasteiger partial charge in [0.1, 0.15) is 11.5 Å². The second-order valence-electron chi connectivity index (χ2n) is 4.19. The van der Waals surface area contributed by atoms with Crippen LogP contribution in [0.2, 0.25) is 0 Å². The Balaban J connectivity index is 2.82. The van der Waals surface area contributed by atoms with Crippen LogP contribution in [0.4, 0.5) is 0 Å². The minimum atomic E-state index is -0.321. The molecule has 1 rings (SSSR count). The van der Waals surface area contributed by atoms with E-state index in [-0.39, 0.29) is 12.6 Å². The van der Waals surface area contributed by atoms with Gasteiger partial charge >= 0.3 is 0 Å². The zero-order valence-electron chi connectivity index (χ0n) is 12.7. The molecular formula is C16H24O4. The van der Waals surface area contributed by atoms with Gasteiger partial charge in [0.25, 0.3) is 0 Å². The summed E-state index contributed by atoms with van der Waals surface area (Å²) < 4.78 is 22.1. The minimum Gasteiger partial charge on any atom is -0.465 e. The highest BCUT2D eigenvalue weighted by atomic mass is 16.7. The van der Waals surface area contributed by atoms with Gasteiger partial charge in [-0.15, -0.1) is 0 Å². The van der Waals surface area contributed by atoms with E-state index in [1.54, 1.807) is 6.08 Å². The highest BCUT2D eigenvalue weighted by Crippen LogP contribution is 2.27. The summed E-state index contributed by atoms with van der Waals surface area (Å²) in [5.74, 6) is 1.37. The van der Waals surface area contributed by atoms with Gasteiger partial charge in [-0.2, -0.15) is 0 Å². The molecule has 1 aromatic rings. The molecule has 0 heterocycles. The van der Waals surface area contributed by atoms with Gasteiger partial charge in [0.05, 0.1) is 0 Å². The Morgan fingerprint density at radius 3 is 2.20 bits per heavy atom. The molecule has 0 spiro atoms. The van der Waals surface area contributed by atoms with Crippen molar-refractivity contribution in [3.8, 4) is 11.5 Å². The van der Waals surface area contributed by atoms with Crippen molar-refractivity contribution >= 4 is 6.08 Å². The Kier molecular flexibility index (Phi) is 7.12. The van der Waals surface area contributed by atoms with E-state index in [0.29, 0.717) is 24.7 Å². The van der Waals surface area contributed by atoms with Crippen molar-refractivity contribution in [2.45, 2.75) is 40.3 Å². The maximum absolute atomic E-state index is 5.74. The second kappa shape index (κ2) is 8.61. The molecule has 4 nitrogen and oxygen atoms in total. The highest BCUT2D eigenvalue weighted by molar-refractivity contribution is 5.57. The number of ether oxygens (including phenoxy) is 4. The molecule has 0 fully saturated rings. The van der Waals surface area contributed by atoms with E-state index in [1.165, 1.54) is 0 Å². The number of benzene rings is 1. The molecule has 1 aromatic carbocycles. The predicted octanol–water partition coefficient (Wildman–Crippen LogP) is 3.85. The third kappa shape index (κ3) is 5.23. The van der Waals surface area contributed by atoms with E-state index in [4.69, 9.17) is 18.9 Å². The lowest BCUT2D eigenvalue weighted by atomic mass is 10.2. The fourth-order valence-corrected chi connectivity index (χ4v) is 1.77. The number of rotatable bonds is 9. The standard InChI is InChI=1S/C16H24O4/c1-6-14-9-10-15(19-12(4)17-7-2)11-16(14)20-13(5)18-8-3/h6,9-13H,1,7-8H2,2-5H3. The van der Waals surface area contributed by atoms with Crippen molar-refractivity contribution in [1.82, 2.24) is 0 Å². The van der Waals surface area contributed by atoms with E-state index in [9.17, 15) is 0 Å². The van der Waals surface area contributed by atoms with Crippen LogP contribution in [0.1, 0.15) is 33.3 Å². The average molecular weight is 280 g/mol. The van der Waals surface area contributed by atoms with Crippen molar-refractivity contribution in [3.05, 3.63) is 30.3 Å². The third-order valence-electron chi connectivity index (χ3n) is 2.60. The molecule has 0 aliphatic carbocycles. The third-order valence-corrected chi connectivity index (χ3v) is 2.60. The molecule has 0 saturated heterocycles. The first kappa shape index (κ1) is 16.5. The van der Waals surface area contributed by atoms with E-state index in [0.717, 1.165) is 5.56 Å². The van der Waals surface area contributed by atoms with Crippen LogP contribution in [0.25, 0.3) is 6.08 Å². The summed E-state index contributed by atoms with van der Waals surface area (Å²) >= 11 is 0. The van der Waals surface area contributed by atoms with Gasteiger partial charge in [-0.05, 0) is 39.8 Å². The number of hydrogen-bond acceptors (Lipinski definition) is 4. The SMILES string of the molecule is C=Cc1ccc(OC(C)OCC)cc1OC(C)OCC. The maximum Gasteiger partial charge on any atom is 0.196 e. The second-order valence-corrected chi connectivity index (χ2v) is 4.19. The first-order chi connectivity index (χ1) is 9.60. The van der Waals surface area contributed by atoms with Crippen LogP contribution in [0, 0.1) is 0 Å². The molecule has 20 heavy (non-hydrogen) atoms. The van der Waals surface area contributed by atoms with E-state index in [2.05, 4.69) is 6.58 Å². The summed E-state index contributed by atoms with van der Waals surface area (Å²) in [7, 11) is 0. The Hall–Kier alpha value is -1.52. The minimum absolute atomic E-state index is 0.299. The summed E-state index contributed by atoms with van der Waals surface area (Å²) in [6.45, 7) is 12.6. The van der Waals surface area contributed by atoms with Crippen molar-refractivity contribution < 1.29 is 18.9 Å². The first-order valence-corrected chi connectivity index (χ1v) is 6.93.